The smallest absolute Gasteiger partial charge is 0.356 e. The van der Waals surface area contributed by atoms with Crippen molar-refractivity contribution in [2.75, 3.05) is 0 Å². The number of carboxylic acid groups (broad SMARTS) is 1. The molecule has 1 heterocycles. The third kappa shape index (κ3) is 1.71. The van der Waals surface area contributed by atoms with Crippen LogP contribution in [0.2, 0.25) is 5.15 Å². The summed E-state index contributed by atoms with van der Waals surface area (Å²) in [5.41, 5.74) is 0.386. The molecule has 64 valence electrons. The Labute approximate surface area is 74.2 Å². The summed E-state index contributed by atoms with van der Waals surface area (Å²) in [6.07, 6.45) is 1.87. The Balaban J connectivity index is 3.21. The van der Waals surface area contributed by atoms with Crippen LogP contribution in [0.15, 0.2) is 6.20 Å². The van der Waals surface area contributed by atoms with E-state index >= 15 is 0 Å². The van der Waals surface area contributed by atoms with Crippen LogP contribution in [0.1, 0.15) is 23.1 Å². The number of aromatic carboxylic acids is 1. The second kappa shape index (κ2) is 3.49. The molecule has 1 rings (SSSR count). The highest BCUT2D eigenvalue weighted by Gasteiger charge is 2.11. The van der Waals surface area contributed by atoms with Gasteiger partial charge in [-0.3, -0.25) is 4.98 Å². The third-order valence-corrected chi connectivity index (χ3v) is 1.54. The van der Waals surface area contributed by atoms with Crippen molar-refractivity contribution in [3.8, 4) is 0 Å². The summed E-state index contributed by atoms with van der Waals surface area (Å²) in [4.78, 5) is 18.1. The quantitative estimate of drug-likeness (QED) is 0.758. The first-order valence-corrected chi connectivity index (χ1v) is 3.77. The van der Waals surface area contributed by atoms with Crippen molar-refractivity contribution in [2.45, 2.75) is 13.3 Å². The van der Waals surface area contributed by atoms with Crippen molar-refractivity contribution in [1.82, 2.24) is 9.97 Å². The summed E-state index contributed by atoms with van der Waals surface area (Å²) in [5, 5.41) is 8.76. The number of aromatic nitrogens is 2. The molecule has 0 aliphatic heterocycles. The molecule has 0 saturated heterocycles. The topological polar surface area (TPSA) is 63.1 Å². The number of hydrogen-bond donors (Lipinski definition) is 1. The van der Waals surface area contributed by atoms with Gasteiger partial charge < -0.3 is 5.11 Å². The van der Waals surface area contributed by atoms with Crippen LogP contribution in [0.3, 0.4) is 0 Å². The second-order valence-electron chi connectivity index (χ2n) is 2.15. The Morgan fingerprint density at radius 3 is 2.92 bits per heavy atom. The number of aryl methyl sites for hydroxylation is 1. The van der Waals surface area contributed by atoms with Crippen LogP contribution in [0, 0.1) is 0 Å². The van der Waals surface area contributed by atoms with E-state index in [2.05, 4.69) is 9.97 Å². The van der Waals surface area contributed by atoms with E-state index in [0.29, 0.717) is 12.1 Å². The predicted octanol–water partition coefficient (Wildman–Crippen LogP) is 1.39. The lowest BCUT2D eigenvalue weighted by molar-refractivity contribution is 0.0688. The average Bonchev–Trinajstić information content (AvgIpc) is 2.04. The molecule has 1 aromatic rings. The molecule has 1 aromatic heterocycles. The number of nitrogens with zero attached hydrogens (tertiary/aromatic N) is 2. The maximum absolute atomic E-state index is 10.6. The highest BCUT2D eigenvalue weighted by atomic mass is 35.5. The molecule has 12 heavy (non-hydrogen) atoms. The monoisotopic (exact) mass is 186 g/mol. The molecule has 5 heteroatoms. The Morgan fingerprint density at radius 2 is 2.42 bits per heavy atom. The SMILES string of the molecule is CCc1ncc(Cl)nc1C(=O)O. The van der Waals surface area contributed by atoms with Crippen molar-refractivity contribution in [2.24, 2.45) is 0 Å². The van der Waals surface area contributed by atoms with Crippen molar-refractivity contribution in [1.29, 1.82) is 0 Å². The molecule has 1 N–H and O–H groups in total. The summed E-state index contributed by atoms with van der Waals surface area (Å²) in [6, 6.07) is 0. The van der Waals surface area contributed by atoms with E-state index in [4.69, 9.17) is 16.7 Å². The van der Waals surface area contributed by atoms with E-state index in [0.717, 1.165) is 0 Å². The number of rotatable bonds is 2. The molecule has 0 aromatic carbocycles. The van der Waals surface area contributed by atoms with Gasteiger partial charge in [0.05, 0.1) is 11.9 Å². The standard InChI is InChI=1S/C7H7ClN2O2/c1-2-4-6(7(11)12)10-5(8)3-9-4/h3H,2H2,1H3,(H,11,12). The van der Waals surface area contributed by atoms with Gasteiger partial charge in [0.15, 0.2) is 5.69 Å². The van der Waals surface area contributed by atoms with E-state index in [-0.39, 0.29) is 10.8 Å². The molecule has 0 aliphatic rings. The summed E-state index contributed by atoms with van der Waals surface area (Å²) in [6.45, 7) is 1.81. The predicted molar refractivity (Wildman–Crippen MR) is 43.4 cm³/mol. The lowest BCUT2D eigenvalue weighted by Crippen LogP contribution is -2.07. The Morgan fingerprint density at radius 1 is 1.75 bits per heavy atom. The highest BCUT2D eigenvalue weighted by Crippen LogP contribution is 2.08. The van der Waals surface area contributed by atoms with Crippen molar-refractivity contribution in [3.05, 3.63) is 22.7 Å². The van der Waals surface area contributed by atoms with E-state index in [1.807, 2.05) is 6.92 Å². The minimum atomic E-state index is -1.10. The molecule has 0 aliphatic carbocycles. The Hall–Kier alpha value is -1.16. The molecule has 0 radical (unpaired) electrons. The van der Waals surface area contributed by atoms with E-state index in [9.17, 15) is 4.79 Å². The van der Waals surface area contributed by atoms with Gasteiger partial charge in [0.25, 0.3) is 0 Å². The number of carboxylic acids is 1. The van der Waals surface area contributed by atoms with Crippen LogP contribution < -0.4 is 0 Å². The first kappa shape index (κ1) is 8.93. The average molecular weight is 187 g/mol. The molecule has 0 fully saturated rings. The molecule has 0 spiro atoms. The largest absolute Gasteiger partial charge is 0.476 e. The third-order valence-electron chi connectivity index (χ3n) is 1.36. The summed E-state index contributed by atoms with van der Waals surface area (Å²) in [7, 11) is 0. The van der Waals surface area contributed by atoms with E-state index < -0.39 is 5.97 Å². The fourth-order valence-corrected chi connectivity index (χ4v) is 0.956. The lowest BCUT2D eigenvalue weighted by Gasteiger charge is -2.00. The minimum absolute atomic E-state index is 0.0648. The maximum atomic E-state index is 10.6. The number of carbonyl (C=O) groups is 1. The van der Waals surface area contributed by atoms with Gasteiger partial charge in [0, 0.05) is 0 Å². The highest BCUT2D eigenvalue weighted by molar-refractivity contribution is 6.29. The molecule has 0 unspecified atom stereocenters. The fourth-order valence-electron chi connectivity index (χ4n) is 0.823. The van der Waals surface area contributed by atoms with Gasteiger partial charge in [-0.25, -0.2) is 9.78 Å². The lowest BCUT2D eigenvalue weighted by atomic mass is 10.2. The summed E-state index contributed by atoms with van der Waals surface area (Å²) < 4.78 is 0. The van der Waals surface area contributed by atoms with Gasteiger partial charge in [-0.2, -0.15) is 0 Å². The summed E-state index contributed by atoms with van der Waals surface area (Å²) in [5.74, 6) is -1.10. The van der Waals surface area contributed by atoms with E-state index in [1.165, 1.54) is 6.20 Å². The number of halogens is 1. The first-order valence-electron chi connectivity index (χ1n) is 3.40. The molecule has 0 atom stereocenters. The van der Waals surface area contributed by atoms with Gasteiger partial charge in [-0.1, -0.05) is 18.5 Å². The van der Waals surface area contributed by atoms with Crippen molar-refractivity contribution >= 4 is 17.6 Å². The first-order chi connectivity index (χ1) is 5.65. The van der Waals surface area contributed by atoms with Crippen LogP contribution in [0.4, 0.5) is 0 Å². The molecule has 0 amide bonds. The van der Waals surface area contributed by atoms with Gasteiger partial charge in [-0.05, 0) is 6.42 Å². The zero-order chi connectivity index (χ0) is 9.14. The van der Waals surface area contributed by atoms with Crippen LogP contribution in [-0.2, 0) is 6.42 Å². The van der Waals surface area contributed by atoms with Gasteiger partial charge in [0.1, 0.15) is 5.15 Å². The maximum Gasteiger partial charge on any atom is 0.356 e. The van der Waals surface area contributed by atoms with Crippen molar-refractivity contribution < 1.29 is 9.90 Å². The van der Waals surface area contributed by atoms with Crippen LogP contribution in [-0.4, -0.2) is 21.0 Å². The molecule has 4 nitrogen and oxygen atoms in total. The zero-order valence-corrected chi connectivity index (χ0v) is 7.17. The fraction of sp³-hybridized carbons (Fsp3) is 0.286. The van der Waals surface area contributed by atoms with Gasteiger partial charge in [0.2, 0.25) is 0 Å². The van der Waals surface area contributed by atoms with Gasteiger partial charge >= 0.3 is 5.97 Å². The molecule has 0 saturated carbocycles. The molecular weight excluding hydrogens is 180 g/mol. The van der Waals surface area contributed by atoms with Crippen LogP contribution >= 0.6 is 11.6 Å². The number of hydrogen-bond acceptors (Lipinski definition) is 3. The minimum Gasteiger partial charge on any atom is -0.476 e. The zero-order valence-electron chi connectivity index (χ0n) is 6.41. The molecule has 0 bridgehead atoms. The van der Waals surface area contributed by atoms with E-state index in [1.54, 1.807) is 0 Å². The Bertz CT molecular complexity index is 314. The second-order valence-corrected chi connectivity index (χ2v) is 2.53. The van der Waals surface area contributed by atoms with Crippen molar-refractivity contribution in [3.63, 3.8) is 0 Å². The summed E-state index contributed by atoms with van der Waals surface area (Å²) >= 11 is 5.48. The molecular formula is C7H7ClN2O2. The van der Waals surface area contributed by atoms with Crippen LogP contribution in [0.25, 0.3) is 0 Å². The normalized spacial score (nSPS) is 9.83. The van der Waals surface area contributed by atoms with Crippen LogP contribution in [0.5, 0.6) is 0 Å². The Kier molecular flexibility index (Phi) is 2.60. The van der Waals surface area contributed by atoms with Gasteiger partial charge in [-0.15, -0.1) is 0 Å².